The van der Waals surface area contributed by atoms with E-state index < -0.39 is 60.7 Å². The van der Waals surface area contributed by atoms with Crippen LogP contribution in [0.3, 0.4) is 0 Å². The molecule has 90 heavy (non-hydrogen) atoms. The molecule has 2 aliphatic heterocycles. The number of carbonyl (C=O) groups is 4. The molecule has 2 amide bonds. The van der Waals surface area contributed by atoms with Crippen molar-refractivity contribution in [2.24, 2.45) is 11.8 Å². The number of sulfonamides is 2. The lowest BCUT2D eigenvalue weighted by molar-refractivity contribution is 0.0182. The number of fused-ring (bicyclic) bond motifs is 6. The standard InChI is InChI=1S/C30H25Cl2FN4O6S2.C30H27Cl2FN4O6S2/c31-18-2-1-3-19(32)23(18)26-24(27(43-35-26)13-4-5-13)29(39)42-21-11-16-8-15(21)12-37(16)30-34-25-20(33)9-14(10-22(25)44-30)28(38)36-45(40,41)17-6-7-17;1-2-8-45(40,41)36-28(38)15-10-20(33)25-22(11-15)44-30(34-25)37-13-16-9-17(37)12-21(16)42-29(39)24-26(35-43-27(24)14-6-7-14)23-18(31)4-3-5-19(23)32/h1-3,9-10,13,15-17,21H,4-8,11-12H2,(H,36,38);3-5,10-11,14,16-17,21H,2,6-9,12-13H2,1H3,(H,36,38)/t15-,16-,21+;16-,17-,21+/m00/s1. The van der Waals surface area contributed by atoms with Crippen LogP contribution in [0.1, 0.15) is 142 Å². The second-order valence-electron chi connectivity index (χ2n) is 23.8. The number of amides is 2. The molecule has 0 radical (unpaired) electrons. The number of hydrogen-bond donors (Lipinski definition) is 2. The third-order valence-electron chi connectivity index (χ3n) is 17.4. The molecule has 20 nitrogen and oxygen atoms in total. The maximum Gasteiger partial charge on any atom is 0.344 e. The molecule has 0 unspecified atom stereocenters. The van der Waals surface area contributed by atoms with E-state index in [1.807, 2.05) is 9.44 Å². The maximum absolute atomic E-state index is 15.0. The average Bonchev–Trinajstić information content (AvgIpc) is 1.63. The van der Waals surface area contributed by atoms with Gasteiger partial charge in [0.05, 0.1) is 40.5 Å². The summed E-state index contributed by atoms with van der Waals surface area (Å²) in [6.45, 7) is 2.79. The van der Waals surface area contributed by atoms with E-state index in [1.165, 1.54) is 34.8 Å². The molecule has 2 N–H and O–H groups in total. The molecule has 5 aliphatic carbocycles. The highest BCUT2D eigenvalue weighted by Gasteiger charge is 2.51. The fraction of sp³-hybridized carbons (Fsp3) is 0.400. The monoisotopic (exact) mass is 1380 g/mol. The van der Waals surface area contributed by atoms with E-state index in [0.29, 0.717) is 108 Å². The summed E-state index contributed by atoms with van der Waals surface area (Å²) < 4.78 is 107. The molecule has 4 bridgehead atoms. The SMILES string of the molecule is CCCS(=O)(=O)NC(=O)c1cc(F)c2nc(N3C[C@@H]4C[C@H]3C[C@H]4OC(=O)c3c(-c4c(Cl)cccc4Cl)noc3C3CC3)sc2c1.O=C(NS(=O)(=O)C1CC1)c1cc(F)c2nc(N3C[C@@H]4C[C@H]3C[C@H]4OC(=O)c3c(-c4c(Cl)cccc4Cl)noc3C3CC3)sc2c1. The molecule has 15 rings (SSSR count). The summed E-state index contributed by atoms with van der Waals surface area (Å²) in [5.74, 6) is -3.19. The summed E-state index contributed by atoms with van der Waals surface area (Å²) in [7, 11) is -7.58. The van der Waals surface area contributed by atoms with E-state index in [9.17, 15) is 36.0 Å². The molecule has 4 aromatic heterocycles. The van der Waals surface area contributed by atoms with E-state index in [2.05, 4.69) is 30.1 Å². The van der Waals surface area contributed by atoms with Crippen molar-refractivity contribution >= 4 is 144 Å². The Bertz CT molecular complexity index is 4490. The van der Waals surface area contributed by atoms with Gasteiger partial charge in [-0.1, -0.05) is 98.4 Å². The summed E-state index contributed by atoms with van der Waals surface area (Å²) in [4.78, 5) is 65.7. The van der Waals surface area contributed by atoms with E-state index in [4.69, 9.17) is 64.9 Å². The van der Waals surface area contributed by atoms with Crippen LogP contribution in [-0.4, -0.2) is 109 Å². The van der Waals surface area contributed by atoms with Gasteiger partial charge in [-0.05, 0) is 106 Å². The van der Waals surface area contributed by atoms with Crippen LogP contribution in [0, 0.1) is 23.5 Å². The smallest absolute Gasteiger partial charge is 0.344 e. The fourth-order valence-corrected chi connectivity index (χ4v) is 18.3. The first-order chi connectivity index (χ1) is 43.1. The molecule has 7 aliphatic rings. The Morgan fingerprint density at radius 2 is 1.04 bits per heavy atom. The summed E-state index contributed by atoms with van der Waals surface area (Å²) in [6.07, 6.45) is 6.89. The minimum Gasteiger partial charge on any atom is -0.458 e. The quantitative estimate of drug-likeness (QED) is 0.0802. The van der Waals surface area contributed by atoms with Crippen LogP contribution in [-0.2, 0) is 29.5 Å². The second kappa shape index (κ2) is 23.6. The Balaban J connectivity index is 0.000000157. The van der Waals surface area contributed by atoms with Crippen LogP contribution in [0.2, 0.25) is 20.1 Å². The zero-order chi connectivity index (χ0) is 62.8. The van der Waals surface area contributed by atoms with Gasteiger partial charge in [0, 0.05) is 83.9 Å². The summed E-state index contributed by atoms with van der Waals surface area (Å²) in [5.41, 5.74) is 1.98. The van der Waals surface area contributed by atoms with Gasteiger partial charge in [-0.3, -0.25) is 9.59 Å². The number of halogens is 6. The van der Waals surface area contributed by atoms with E-state index >= 15 is 8.78 Å². The number of esters is 2. The first-order valence-electron chi connectivity index (χ1n) is 29.2. The topological polar surface area (TPSA) is 263 Å². The van der Waals surface area contributed by atoms with Gasteiger partial charge < -0.3 is 28.3 Å². The lowest BCUT2D eigenvalue weighted by Gasteiger charge is -2.31. The number of piperidine rings is 2. The highest BCUT2D eigenvalue weighted by Crippen LogP contribution is 2.51. The average molecular weight is 1390 g/mol. The minimum absolute atomic E-state index is 0.0150. The molecule has 5 saturated carbocycles. The number of nitrogens with one attached hydrogen (secondary N) is 2. The van der Waals surface area contributed by atoms with Gasteiger partial charge >= 0.3 is 11.9 Å². The van der Waals surface area contributed by atoms with E-state index in [-0.39, 0.29) is 98.4 Å². The molecular weight excluding hydrogens is 1330 g/mol. The number of rotatable bonds is 17. The minimum atomic E-state index is -3.81. The van der Waals surface area contributed by atoms with Crippen molar-refractivity contribution in [3.05, 3.63) is 126 Å². The van der Waals surface area contributed by atoms with E-state index in [1.54, 1.807) is 43.3 Å². The number of benzene rings is 4. The second-order valence-corrected chi connectivity index (χ2v) is 31.2. The summed E-state index contributed by atoms with van der Waals surface area (Å²) >= 11 is 28.2. The number of aromatic nitrogens is 4. The van der Waals surface area contributed by atoms with Gasteiger partial charge in [-0.15, -0.1) is 0 Å². The van der Waals surface area contributed by atoms with Gasteiger partial charge in [0.2, 0.25) is 20.0 Å². The largest absolute Gasteiger partial charge is 0.458 e. The number of hydrogen-bond acceptors (Lipinski definition) is 20. The predicted molar refractivity (Wildman–Crippen MR) is 334 cm³/mol. The van der Waals surface area contributed by atoms with Gasteiger partial charge in [-0.25, -0.2) is 54.6 Å². The van der Waals surface area contributed by atoms with Crippen molar-refractivity contribution in [3.63, 3.8) is 0 Å². The summed E-state index contributed by atoms with van der Waals surface area (Å²) in [5, 5.41) is 10.4. The lowest BCUT2D eigenvalue weighted by atomic mass is 10.0. The van der Waals surface area contributed by atoms with Crippen molar-refractivity contribution in [1.82, 2.24) is 29.7 Å². The van der Waals surface area contributed by atoms with Crippen molar-refractivity contribution in [3.8, 4) is 22.5 Å². The van der Waals surface area contributed by atoms with E-state index in [0.717, 1.165) is 50.7 Å². The number of thiazole rings is 2. The summed E-state index contributed by atoms with van der Waals surface area (Å²) in [6, 6.07) is 15.1. The number of nitrogens with zero attached hydrogens (tertiary/aromatic N) is 6. The zero-order valence-corrected chi connectivity index (χ0v) is 53.6. The van der Waals surface area contributed by atoms with Gasteiger partial charge in [0.15, 0.2) is 33.4 Å². The molecule has 30 heteroatoms. The Morgan fingerprint density at radius 1 is 0.622 bits per heavy atom. The third kappa shape index (κ3) is 11.7. The Hall–Kier alpha value is -6.52. The molecule has 0 spiro atoms. The van der Waals surface area contributed by atoms with Gasteiger partial charge in [-0.2, -0.15) is 0 Å². The lowest BCUT2D eigenvalue weighted by Crippen LogP contribution is -2.39. The number of anilines is 2. The van der Waals surface area contributed by atoms with Crippen LogP contribution in [0.15, 0.2) is 69.7 Å². The highest BCUT2D eigenvalue weighted by molar-refractivity contribution is 7.91. The van der Waals surface area contributed by atoms with Crippen molar-refractivity contribution in [1.29, 1.82) is 0 Å². The van der Waals surface area contributed by atoms with Crippen LogP contribution < -0.4 is 19.2 Å². The van der Waals surface area contributed by atoms with Crippen LogP contribution in [0.25, 0.3) is 42.9 Å². The predicted octanol–water partition coefficient (Wildman–Crippen LogP) is 12.9. The van der Waals surface area contributed by atoms with Crippen molar-refractivity contribution in [2.75, 3.05) is 28.6 Å². The van der Waals surface area contributed by atoms with Crippen LogP contribution >= 0.6 is 69.1 Å². The van der Waals surface area contributed by atoms with Gasteiger partial charge in [0.25, 0.3) is 11.8 Å². The first-order valence-corrected chi connectivity index (χ1v) is 35.6. The molecule has 6 heterocycles. The zero-order valence-electron chi connectivity index (χ0n) is 47.4. The van der Waals surface area contributed by atoms with Crippen LogP contribution in [0.4, 0.5) is 19.0 Å². The number of ether oxygens (including phenoxy) is 2. The van der Waals surface area contributed by atoms with Crippen molar-refractivity contribution in [2.45, 2.75) is 119 Å². The molecule has 2 saturated heterocycles. The molecule has 7 fully saturated rings. The van der Waals surface area contributed by atoms with Crippen molar-refractivity contribution < 1.29 is 63.3 Å². The highest BCUT2D eigenvalue weighted by atomic mass is 35.5. The molecular formula is C60H52Cl4F2N8O12S4. The molecule has 6 atom stereocenters. The Labute approximate surface area is 540 Å². The fourth-order valence-electron chi connectivity index (χ4n) is 12.6. The van der Waals surface area contributed by atoms with Gasteiger partial charge in [0.1, 0.15) is 45.8 Å². The molecule has 4 aromatic carbocycles. The molecule has 8 aromatic rings. The first kappa shape index (κ1) is 61.0. The molecule has 470 valence electrons. The normalized spacial score (nSPS) is 21.9. The number of carbonyl (C=O) groups excluding carboxylic acids is 4. The van der Waals surface area contributed by atoms with Crippen LogP contribution in [0.5, 0.6) is 0 Å². The maximum atomic E-state index is 15.0. The Kier molecular flexibility index (Phi) is 16.0. The Morgan fingerprint density at radius 3 is 1.42 bits per heavy atom. The third-order valence-corrected chi connectivity index (χ3v) is 24.0.